The molecule has 0 saturated heterocycles. The number of carboxylic acid groups (broad SMARTS) is 1. The van der Waals surface area contributed by atoms with Crippen LogP contribution in [0.3, 0.4) is 0 Å². The minimum absolute atomic E-state index is 0.0123. The molecule has 0 aromatic carbocycles. The molecule has 43 heavy (non-hydrogen) atoms. The number of esters is 1. The van der Waals surface area contributed by atoms with Crippen LogP contribution in [-0.4, -0.2) is 23.1 Å². The van der Waals surface area contributed by atoms with Gasteiger partial charge in [-0.25, -0.2) is 0 Å². The van der Waals surface area contributed by atoms with Crippen molar-refractivity contribution in [3.05, 3.63) is 0 Å². The van der Waals surface area contributed by atoms with E-state index in [0.29, 0.717) is 12.8 Å². The molecule has 4 heteroatoms. The molecule has 0 rings (SSSR count). The van der Waals surface area contributed by atoms with Crippen molar-refractivity contribution in [1.82, 2.24) is 0 Å². The first kappa shape index (κ1) is 41.9. The molecule has 4 nitrogen and oxygen atoms in total. The van der Waals surface area contributed by atoms with Gasteiger partial charge >= 0.3 is 11.9 Å². The highest BCUT2D eigenvalue weighted by molar-refractivity contribution is 5.69. The summed E-state index contributed by atoms with van der Waals surface area (Å²) < 4.78 is 5.82. The largest absolute Gasteiger partial charge is 0.481 e. The summed E-state index contributed by atoms with van der Waals surface area (Å²) in [6.45, 7) is 4.48. The van der Waals surface area contributed by atoms with Crippen molar-refractivity contribution < 1.29 is 19.4 Å². The molecule has 0 aromatic rings. The molecule has 0 saturated carbocycles. The average molecular weight is 609 g/mol. The van der Waals surface area contributed by atoms with E-state index in [1.807, 2.05) is 0 Å². The molecule has 1 atom stereocenters. The van der Waals surface area contributed by atoms with Crippen molar-refractivity contribution in [2.24, 2.45) is 0 Å². The quantitative estimate of drug-likeness (QED) is 0.0567. The van der Waals surface area contributed by atoms with Crippen LogP contribution in [-0.2, 0) is 14.3 Å². The van der Waals surface area contributed by atoms with Gasteiger partial charge in [0.2, 0.25) is 0 Å². The normalized spacial score (nSPS) is 12.0. The maximum atomic E-state index is 12.4. The Morgan fingerprint density at radius 3 is 1.07 bits per heavy atom. The van der Waals surface area contributed by atoms with Gasteiger partial charge in [0.1, 0.15) is 6.10 Å². The summed E-state index contributed by atoms with van der Waals surface area (Å²) in [6.07, 6.45) is 41.8. The summed E-state index contributed by atoms with van der Waals surface area (Å²) in [6, 6.07) is 0. The summed E-state index contributed by atoms with van der Waals surface area (Å²) in [5.41, 5.74) is 0. The van der Waals surface area contributed by atoms with E-state index in [2.05, 4.69) is 13.8 Å². The molecule has 0 amide bonds. The third kappa shape index (κ3) is 35.3. The van der Waals surface area contributed by atoms with Crippen LogP contribution < -0.4 is 0 Å². The first-order chi connectivity index (χ1) is 21.1. The van der Waals surface area contributed by atoms with Crippen LogP contribution in [0, 0.1) is 0 Å². The van der Waals surface area contributed by atoms with E-state index in [1.165, 1.54) is 154 Å². The van der Waals surface area contributed by atoms with Gasteiger partial charge in [-0.05, 0) is 38.5 Å². The Morgan fingerprint density at radius 1 is 0.419 bits per heavy atom. The molecule has 0 aliphatic heterocycles. The minimum Gasteiger partial charge on any atom is -0.481 e. The smallest absolute Gasteiger partial charge is 0.306 e. The molecule has 0 fully saturated rings. The molecule has 0 aliphatic rings. The molecule has 0 aliphatic carbocycles. The van der Waals surface area contributed by atoms with Gasteiger partial charge < -0.3 is 9.84 Å². The van der Waals surface area contributed by atoms with E-state index in [1.54, 1.807) is 0 Å². The molecule has 0 aromatic heterocycles. The SMILES string of the molecule is CCCCCCCCCCCCCCCCCCCCCCCCCCC(=O)OC(CCCCC)CCCCCC(=O)O. The molecule has 0 radical (unpaired) electrons. The summed E-state index contributed by atoms with van der Waals surface area (Å²) in [7, 11) is 0. The van der Waals surface area contributed by atoms with Gasteiger partial charge in [-0.2, -0.15) is 0 Å². The first-order valence-corrected chi connectivity index (χ1v) is 19.5. The second-order valence-corrected chi connectivity index (χ2v) is 13.5. The summed E-state index contributed by atoms with van der Waals surface area (Å²) in [5.74, 6) is -0.762. The second kappa shape index (κ2) is 35.4. The van der Waals surface area contributed by atoms with Gasteiger partial charge in [0.05, 0.1) is 0 Å². The van der Waals surface area contributed by atoms with E-state index in [9.17, 15) is 9.59 Å². The highest BCUT2D eigenvalue weighted by Crippen LogP contribution is 2.18. The fraction of sp³-hybridized carbons (Fsp3) is 0.949. The van der Waals surface area contributed by atoms with Crippen LogP contribution in [0.25, 0.3) is 0 Å². The van der Waals surface area contributed by atoms with Crippen molar-refractivity contribution >= 4 is 11.9 Å². The van der Waals surface area contributed by atoms with Gasteiger partial charge in [0.15, 0.2) is 0 Å². The fourth-order valence-electron chi connectivity index (χ4n) is 6.19. The zero-order valence-electron chi connectivity index (χ0n) is 29.3. The Morgan fingerprint density at radius 2 is 0.698 bits per heavy atom. The number of hydrogen-bond donors (Lipinski definition) is 1. The first-order valence-electron chi connectivity index (χ1n) is 19.5. The second-order valence-electron chi connectivity index (χ2n) is 13.5. The molecule has 0 bridgehead atoms. The van der Waals surface area contributed by atoms with Crippen molar-refractivity contribution in [2.45, 2.75) is 238 Å². The van der Waals surface area contributed by atoms with E-state index in [-0.39, 0.29) is 18.5 Å². The highest BCUT2D eigenvalue weighted by atomic mass is 16.5. The lowest BCUT2D eigenvalue weighted by Crippen LogP contribution is -2.18. The van der Waals surface area contributed by atoms with Crippen LogP contribution in [0.2, 0.25) is 0 Å². The molecule has 1 unspecified atom stereocenters. The molecular formula is C39H76O4. The molecule has 0 spiro atoms. The Kier molecular flexibility index (Phi) is 34.5. The average Bonchev–Trinajstić information content (AvgIpc) is 2.99. The van der Waals surface area contributed by atoms with Crippen LogP contribution in [0.4, 0.5) is 0 Å². The summed E-state index contributed by atoms with van der Waals surface area (Å²) >= 11 is 0. The summed E-state index contributed by atoms with van der Waals surface area (Å²) in [5, 5.41) is 8.79. The number of aliphatic carboxylic acids is 1. The number of carbonyl (C=O) groups excluding carboxylic acids is 1. The Bertz CT molecular complexity index is 576. The lowest BCUT2D eigenvalue weighted by Gasteiger charge is -2.18. The molecule has 0 heterocycles. The van der Waals surface area contributed by atoms with E-state index >= 15 is 0 Å². The third-order valence-corrected chi connectivity index (χ3v) is 9.08. The fourth-order valence-corrected chi connectivity index (χ4v) is 6.19. The number of carbonyl (C=O) groups is 2. The highest BCUT2D eigenvalue weighted by Gasteiger charge is 2.14. The third-order valence-electron chi connectivity index (χ3n) is 9.08. The number of unbranched alkanes of at least 4 members (excludes halogenated alkanes) is 27. The predicted molar refractivity (Wildman–Crippen MR) is 186 cm³/mol. The molecule has 1 N–H and O–H groups in total. The number of hydrogen-bond acceptors (Lipinski definition) is 3. The lowest BCUT2D eigenvalue weighted by atomic mass is 10.0. The Labute approximate surface area is 269 Å². The van der Waals surface area contributed by atoms with Crippen molar-refractivity contribution in [1.29, 1.82) is 0 Å². The monoisotopic (exact) mass is 609 g/mol. The predicted octanol–water partition coefficient (Wildman–Crippen LogP) is 13.3. The Hall–Kier alpha value is -1.06. The van der Waals surface area contributed by atoms with Crippen LogP contribution >= 0.6 is 0 Å². The number of carboxylic acids is 1. The maximum absolute atomic E-state index is 12.4. The van der Waals surface area contributed by atoms with Gasteiger partial charge in [-0.15, -0.1) is 0 Å². The van der Waals surface area contributed by atoms with Crippen molar-refractivity contribution in [3.8, 4) is 0 Å². The van der Waals surface area contributed by atoms with Crippen LogP contribution in [0.15, 0.2) is 0 Å². The topological polar surface area (TPSA) is 63.6 Å². The zero-order chi connectivity index (χ0) is 31.5. The molecule has 256 valence electrons. The number of ether oxygens (including phenoxy) is 1. The standard InChI is InChI=1S/C39H76O4/c1-3-5-7-8-9-10-11-12-13-14-15-16-17-18-19-20-21-22-23-24-25-26-27-32-36-39(42)43-37(33-29-6-4-2)34-30-28-31-35-38(40)41/h37H,3-36H2,1-2H3,(H,40,41). The van der Waals surface area contributed by atoms with Gasteiger partial charge in [0.25, 0.3) is 0 Å². The number of rotatable bonds is 36. The van der Waals surface area contributed by atoms with Gasteiger partial charge in [-0.3, -0.25) is 9.59 Å². The zero-order valence-corrected chi connectivity index (χ0v) is 29.3. The van der Waals surface area contributed by atoms with E-state index in [4.69, 9.17) is 9.84 Å². The lowest BCUT2D eigenvalue weighted by molar-refractivity contribution is -0.150. The van der Waals surface area contributed by atoms with Gasteiger partial charge in [-0.1, -0.05) is 181 Å². The van der Waals surface area contributed by atoms with Crippen molar-refractivity contribution in [2.75, 3.05) is 0 Å². The van der Waals surface area contributed by atoms with Crippen LogP contribution in [0.5, 0.6) is 0 Å². The maximum Gasteiger partial charge on any atom is 0.306 e. The Balaban J connectivity index is 3.45. The van der Waals surface area contributed by atoms with E-state index in [0.717, 1.165) is 44.9 Å². The van der Waals surface area contributed by atoms with E-state index < -0.39 is 5.97 Å². The van der Waals surface area contributed by atoms with Crippen molar-refractivity contribution in [3.63, 3.8) is 0 Å². The molecular weight excluding hydrogens is 532 g/mol. The summed E-state index contributed by atoms with van der Waals surface area (Å²) in [4.78, 5) is 23.1. The van der Waals surface area contributed by atoms with Gasteiger partial charge in [0, 0.05) is 12.8 Å². The minimum atomic E-state index is -0.725. The van der Waals surface area contributed by atoms with Crippen LogP contribution in [0.1, 0.15) is 232 Å².